The van der Waals surface area contributed by atoms with Gasteiger partial charge in [-0.2, -0.15) is 0 Å². The number of carbonyl (C=O) groups is 1. The largest absolute Gasteiger partial charge is 0.493 e. The zero-order valence-electron chi connectivity index (χ0n) is 16.7. The summed E-state index contributed by atoms with van der Waals surface area (Å²) < 4.78 is 35.8. The second kappa shape index (κ2) is 11.1. The molecular weight excluding hydrogens is 367 g/mol. The molecule has 0 aliphatic carbocycles. The molecule has 2 rings (SSSR count). The number of rotatable bonds is 6. The maximum absolute atomic E-state index is 14.2. The van der Waals surface area contributed by atoms with E-state index >= 15 is 0 Å². The van der Waals surface area contributed by atoms with Crippen molar-refractivity contribution in [2.45, 2.75) is 44.8 Å². The van der Waals surface area contributed by atoms with Crippen LogP contribution in [0.15, 0.2) is 24.3 Å². The van der Waals surface area contributed by atoms with E-state index in [4.69, 9.17) is 18.9 Å². The summed E-state index contributed by atoms with van der Waals surface area (Å²) in [5.41, 5.74) is 0.709. The molecule has 0 saturated heterocycles. The molecule has 0 radical (unpaired) electrons. The predicted molar refractivity (Wildman–Crippen MR) is 102 cm³/mol. The third-order valence-electron chi connectivity index (χ3n) is 4.87. The van der Waals surface area contributed by atoms with Gasteiger partial charge in [-0.3, -0.25) is 0 Å². The number of ether oxygens (including phenoxy) is 4. The van der Waals surface area contributed by atoms with Crippen LogP contribution in [0, 0.1) is 11.7 Å². The maximum Gasteiger partial charge on any atom is 0.342 e. The van der Waals surface area contributed by atoms with Gasteiger partial charge in [0, 0.05) is 26.6 Å². The van der Waals surface area contributed by atoms with Gasteiger partial charge in [0.2, 0.25) is 0 Å². The van der Waals surface area contributed by atoms with E-state index < -0.39 is 17.9 Å². The van der Waals surface area contributed by atoms with Crippen molar-refractivity contribution >= 4 is 5.97 Å². The molecule has 0 aromatic heterocycles. The van der Waals surface area contributed by atoms with E-state index in [1.807, 2.05) is 12.2 Å². The molecule has 0 unspecified atom stereocenters. The molecule has 28 heavy (non-hydrogen) atoms. The summed E-state index contributed by atoms with van der Waals surface area (Å²) in [6.45, 7) is 2.04. The molecule has 0 spiro atoms. The number of methoxy groups -OCH3 is 2. The third kappa shape index (κ3) is 5.77. The first-order valence-electron chi connectivity index (χ1n) is 9.44. The standard InChI is InChI=1S/C21H29FO6/c1-14-6-4-5-7-15-8-9-17(22)20(26-3)19(15)21(24)28-16(10-11-23)12-18(14)27-13-25-2/h4-5,8-9,14,16,18,23H,6-7,10-13H2,1-3H3/b5-4+/t14-,16-,18+/m0/s1. The summed E-state index contributed by atoms with van der Waals surface area (Å²) >= 11 is 0. The molecule has 1 aromatic carbocycles. The van der Waals surface area contributed by atoms with Crippen molar-refractivity contribution in [2.24, 2.45) is 5.92 Å². The van der Waals surface area contributed by atoms with Crippen LogP contribution in [0.4, 0.5) is 4.39 Å². The molecule has 1 aliphatic heterocycles. The number of halogens is 1. The lowest BCUT2D eigenvalue weighted by atomic mass is 9.93. The topological polar surface area (TPSA) is 74.2 Å². The van der Waals surface area contributed by atoms with Gasteiger partial charge in [0.15, 0.2) is 11.6 Å². The number of fused-ring (bicyclic) bond motifs is 1. The highest BCUT2D eigenvalue weighted by atomic mass is 19.1. The molecule has 0 amide bonds. The minimum Gasteiger partial charge on any atom is -0.493 e. The normalized spacial score (nSPS) is 24.5. The van der Waals surface area contributed by atoms with E-state index in [2.05, 4.69) is 6.92 Å². The van der Waals surface area contributed by atoms with Crippen molar-refractivity contribution in [3.05, 3.63) is 41.2 Å². The van der Waals surface area contributed by atoms with Crippen LogP contribution >= 0.6 is 0 Å². The van der Waals surface area contributed by atoms with Crippen molar-refractivity contribution in [2.75, 3.05) is 27.6 Å². The first-order chi connectivity index (χ1) is 13.5. The Morgan fingerprint density at radius 1 is 1.29 bits per heavy atom. The first kappa shape index (κ1) is 22.3. The number of aliphatic hydroxyl groups is 1. The van der Waals surface area contributed by atoms with E-state index in [0.29, 0.717) is 18.4 Å². The predicted octanol–water partition coefficient (Wildman–Crippen LogP) is 3.26. The molecule has 156 valence electrons. The van der Waals surface area contributed by atoms with Gasteiger partial charge < -0.3 is 24.1 Å². The van der Waals surface area contributed by atoms with Crippen molar-refractivity contribution in [1.29, 1.82) is 0 Å². The lowest BCUT2D eigenvalue weighted by molar-refractivity contribution is -0.104. The van der Waals surface area contributed by atoms with E-state index in [9.17, 15) is 14.3 Å². The minimum atomic E-state index is -0.670. The van der Waals surface area contributed by atoms with Gasteiger partial charge in [0.25, 0.3) is 0 Å². The molecule has 1 heterocycles. The lowest BCUT2D eigenvalue weighted by Gasteiger charge is -2.28. The Morgan fingerprint density at radius 2 is 2.07 bits per heavy atom. The van der Waals surface area contributed by atoms with Gasteiger partial charge in [-0.25, -0.2) is 9.18 Å². The Morgan fingerprint density at radius 3 is 2.75 bits per heavy atom. The van der Waals surface area contributed by atoms with Crippen molar-refractivity contribution in [3.8, 4) is 5.75 Å². The summed E-state index contributed by atoms with van der Waals surface area (Å²) in [7, 11) is 2.86. The summed E-state index contributed by atoms with van der Waals surface area (Å²) in [5, 5.41) is 9.41. The number of aliphatic hydroxyl groups excluding tert-OH is 1. The number of cyclic esters (lactones) is 1. The van der Waals surface area contributed by atoms with Gasteiger partial charge in [-0.05, 0) is 30.4 Å². The van der Waals surface area contributed by atoms with Crippen LogP contribution in [0.1, 0.15) is 42.1 Å². The summed E-state index contributed by atoms with van der Waals surface area (Å²) in [6, 6.07) is 2.85. The lowest BCUT2D eigenvalue weighted by Crippen LogP contribution is -2.31. The zero-order chi connectivity index (χ0) is 20.5. The maximum atomic E-state index is 14.2. The Hall–Kier alpha value is -1.96. The second-order valence-corrected chi connectivity index (χ2v) is 6.89. The fourth-order valence-corrected chi connectivity index (χ4v) is 3.32. The van der Waals surface area contributed by atoms with Crippen LogP contribution in [-0.4, -0.2) is 50.9 Å². The minimum absolute atomic E-state index is 0.0815. The van der Waals surface area contributed by atoms with Crippen LogP contribution in [0.5, 0.6) is 5.75 Å². The van der Waals surface area contributed by atoms with Gasteiger partial charge in [-0.1, -0.05) is 25.1 Å². The molecule has 3 atom stereocenters. The van der Waals surface area contributed by atoms with Crippen molar-refractivity contribution in [3.63, 3.8) is 0 Å². The van der Waals surface area contributed by atoms with Gasteiger partial charge in [0.1, 0.15) is 18.5 Å². The fourth-order valence-electron chi connectivity index (χ4n) is 3.32. The molecule has 7 heteroatoms. The van der Waals surface area contributed by atoms with Crippen LogP contribution in [-0.2, 0) is 20.6 Å². The number of carbonyl (C=O) groups excluding carboxylic acids is 1. The Labute approximate surface area is 165 Å². The molecule has 0 saturated carbocycles. The second-order valence-electron chi connectivity index (χ2n) is 6.89. The van der Waals surface area contributed by atoms with E-state index in [-0.39, 0.29) is 43.2 Å². The summed E-state index contributed by atoms with van der Waals surface area (Å²) in [6.07, 6.45) is 5.05. The van der Waals surface area contributed by atoms with Gasteiger partial charge >= 0.3 is 5.97 Å². The molecule has 0 bridgehead atoms. The Kier molecular flexibility index (Phi) is 8.89. The highest BCUT2D eigenvalue weighted by Crippen LogP contribution is 2.30. The monoisotopic (exact) mass is 396 g/mol. The van der Waals surface area contributed by atoms with Crippen molar-refractivity contribution in [1.82, 2.24) is 0 Å². The number of allylic oxidation sites excluding steroid dienone is 2. The molecule has 1 aliphatic rings. The van der Waals surface area contributed by atoms with Gasteiger partial charge in [-0.15, -0.1) is 0 Å². The van der Waals surface area contributed by atoms with E-state index in [0.717, 1.165) is 6.42 Å². The Bertz CT molecular complexity index is 675. The van der Waals surface area contributed by atoms with Gasteiger partial charge in [0.05, 0.1) is 13.2 Å². The highest BCUT2D eigenvalue weighted by Gasteiger charge is 2.28. The molecule has 1 N–H and O–H groups in total. The smallest absolute Gasteiger partial charge is 0.342 e. The van der Waals surface area contributed by atoms with Crippen LogP contribution in [0.2, 0.25) is 0 Å². The fraction of sp³-hybridized carbons (Fsp3) is 0.571. The summed E-state index contributed by atoms with van der Waals surface area (Å²) in [5.74, 6) is -1.26. The average Bonchev–Trinajstić information content (AvgIpc) is 2.67. The number of hydrogen-bond acceptors (Lipinski definition) is 6. The number of hydrogen-bond donors (Lipinski definition) is 1. The van der Waals surface area contributed by atoms with Crippen LogP contribution in [0.3, 0.4) is 0 Å². The summed E-state index contributed by atoms with van der Waals surface area (Å²) in [4.78, 5) is 12.9. The van der Waals surface area contributed by atoms with Crippen LogP contribution < -0.4 is 4.74 Å². The number of benzene rings is 1. The van der Waals surface area contributed by atoms with E-state index in [1.165, 1.54) is 13.2 Å². The SMILES string of the molecule is COCO[C@@H]1C[C@H](CCO)OC(=O)c2c(ccc(F)c2OC)C/C=C/C[C@@H]1C. The molecule has 0 fully saturated rings. The first-order valence-corrected chi connectivity index (χ1v) is 9.44. The zero-order valence-corrected chi connectivity index (χ0v) is 16.7. The quantitative estimate of drug-likeness (QED) is 0.452. The third-order valence-corrected chi connectivity index (χ3v) is 4.87. The molecule has 1 aromatic rings. The highest BCUT2D eigenvalue weighted by molar-refractivity contribution is 5.94. The molecule has 6 nitrogen and oxygen atoms in total. The van der Waals surface area contributed by atoms with Crippen molar-refractivity contribution < 1.29 is 33.2 Å². The van der Waals surface area contributed by atoms with Crippen LogP contribution in [0.25, 0.3) is 0 Å². The molecular formula is C21H29FO6. The average molecular weight is 396 g/mol. The Balaban J connectivity index is 2.40. The number of esters is 1. The van der Waals surface area contributed by atoms with E-state index in [1.54, 1.807) is 13.2 Å².